The van der Waals surface area contributed by atoms with Crippen molar-refractivity contribution in [2.45, 2.75) is 44.9 Å². The Morgan fingerprint density at radius 2 is 1.75 bits per heavy atom. The van der Waals surface area contributed by atoms with Crippen LogP contribution in [0.4, 0.5) is 13.2 Å². The van der Waals surface area contributed by atoms with Crippen molar-refractivity contribution in [2.24, 2.45) is 0 Å². The predicted molar refractivity (Wildman–Crippen MR) is 85.4 cm³/mol. The van der Waals surface area contributed by atoms with Gasteiger partial charge >= 0.3 is 6.36 Å². The number of rotatable bonds is 6. The van der Waals surface area contributed by atoms with Crippen LogP contribution in [0.1, 0.15) is 44.1 Å². The molecule has 24 heavy (non-hydrogen) atoms. The van der Waals surface area contributed by atoms with Gasteiger partial charge in [-0.25, -0.2) is 12.7 Å². The molecule has 0 spiro atoms. The first-order chi connectivity index (χ1) is 11.2. The Kier molecular flexibility index (Phi) is 6.14. The molecule has 136 valence electrons. The Balaban J connectivity index is 1.92. The number of nitrogens with zero attached hydrogens (tertiary/aromatic N) is 1. The molecule has 0 unspecified atom stereocenters. The second kappa shape index (κ2) is 7.74. The van der Waals surface area contributed by atoms with Gasteiger partial charge in [0.15, 0.2) is 0 Å². The number of alkyl halides is 3. The second-order valence-corrected chi connectivity index (χ2v) is 8.05. The van der Waals surface area contributed by atoms with Gasteiger partial charge < -0.3 is 4.74 Å². The number of piperidine rings is 1. The lowest BCUT2D eigenvalue weighted by Gasteiger charge is -2.31. The average Bonchev–Trinajstić information content (AvgIpc) is 2.52. The summed E-state index contributed by atoms with van der Waals surface area (Å²) in [5.41, 5.74) is 0.912. The molecule has 1 fully saturated rings. The summed E-state index contributed by atoms with van der Waals surface area (Å²) in [5.74, 6) is 0.0888. The molecule has 0 atom stereocenters. The van der Waals surface area contributed by atoms with Gasteiger partial charge in [0.2, 0.25) is 10.0 Å². The van der Waals surface area contributed by atoms with E-state index >= 15 is 0 Å². The highest BCUT2D eigenvalue weighted by Gasteiger charge is 2.31. The highest BCUT2D eigenvalue weighted by molar-refractivity contribution is 7.89. The molecule has 0 N–H and O–H groups in total. The van der Waals surface area contributed by atoms with Crippen LogP contribution in [0.15, 0.2) is 24.3 Å². The molecule has 2 rings (SSSR count). The van der Waals surface area contributed by atoms with E-state index < -0.39 is 16.4 Å². The Hall–Kier alpha value is -1.28. The minimum atomic E-state index is -4.69. The van der Waals surface area contributed by atoms with Gasteiger partial charge in [-0.15, -0.1) is 13.2 Å². The highest BCUT2D eigenvalue weighted by atomic mass is 32.2. The van der Waals surface area contributed by atoms with E-state index in [1.807, 2.05) is 6.92 Å². The van der Waals surface area contributed by atoms with Crippen molar-refractivity contribution in [1.82, 2.24) is 4.31 Å². The molecule has 1 saturated heterocycles. The summed E-state index contributed by atoms with van der Waals surface area (Å²) in [7, 11) is -3.19. The van der Waals surface area contributed by atoms with Crippen LogP contribution in [0.25, 0.3) is 0 Å². The second-order valence-electron chi connectivity index (χ2n) is 5.96. The number of ether oxygens (including phenoxy) is 1. The molecule has 0 saturated carbocycles. The molecule has 0 aromatic heterocycles. The lowest BCUT2D eigenvalue weighted by molar-refractivity contribution is -0.274. The molecular formula is C16H22F3NO3S. The quantitative estimate of drug-likeness (QED) is 0.768. The van der Waals surface area contributed by atoms with E-state index in [0.29, 0.717) is 32.4 Å². The Bertz CT molecular complexity index is 621. The van der Waals surface area contributed by atoms with Crippen LogP contribution < -0.4 is 4.74 Å². The lowest BCUT2D eigenvalue weighted by Crippen LogP contribution is -2.39. The molecule has 1 aromatic rings. The topological polar surface area (TPSA) is 46.6 Å². The predicted octanol–water partition coefficient (Wildman–Crippen LogP) is 3.89. The third-order valence-electron chi connectivity index (χ3n) is 4.19. The molecule has 0 bridgehead atoms. The molecule has 1 aromatic carbocycles. The maximum atomic E-state index is 12.2. The van der Waals surface area contributed by atoms with Crippen LogP contribution in [0, 0.1) is 0 Å². The monoisotopic (exact) mass is 365 g/mol. The van der Waals surface area contributed by atoms with Gasteiger partial charge in [-0.2, -0.15) is 0 Å². The van der Waals surface area contributed by atoms with Crippen molar-refractivity contribution in [3.05, 3.63) is 29.8 Å². The molecule has 1 aliphatic heterocycles. The first-order valence-electron chi connectivity index (χ1n) is 8.05. The minimum absolute atomic E-state index is 0.155. The fourth-order valence-corrected chi connectivity index (χ4v) is 4.54. The van der Waals surface area contributed by atoms with Gasteiger partial charge in [0.1, 0.15) is 5.75 Å². The molecule has 8 heteroatoms. The van der Waals surface area contributed by atoms with Crippen molar-refractivity contribution in [3.63, 3.8) is 0 Å². The van der Waals surface area contributed by atoms with Crippen molar-refractivity contribution in [2.75, 3.05) is 18.8 Å². The van der Waals surface area contributed by atoms with Crippen LogP contribution in [0.3, 0.4) is 0 Å². The molecular weight excluding hydrogens is 343 g/mol. The first kappa shape index (κ1) is 19.1. The summed E-state index contributed by atoms with van der Waals surface area (Å²) >= 11 is 0. The molecule has 4 nitrogen and oxygen atoms in total. The SMILES string of the molecule is CCCCS(=O)(=O)N1CCC(c2ccc(OC(F)(F)F)cc2)CC1. The number of halogens is 3. The summed E-state index contributed by atoms with van der Waals surface area (Å²) in [4.78, 5) is 0. The number of benzene rings is 1. The third-order valence-corrected chi connectivity index (χ3v) is 6.14. The summed E-state index contributed by atoms with van der Waals surface area (Å²) in [6.45, 7) is 2.86. The van der Waals surface area contributed by atoms with E-state index in [-0.39, 0.29) is 17.4 Å². The first-order valence-corrected chi connectivity index (χ1v) is 9.66. The van der Waals surface area contributed by atoms with E-state index in [9.17, 15) is 21.6 Å². The summed E-state index contributed by atoms with van der Waals surface area (Å²) < 4.78 is 66.2. The smallest absolute Gasteiger partial charge is 0.406 e. The minimum Gasteiger partial charge on any atom is -0.406 e. The van der Waals surface area contributed by atoms with Crippen LogP contribution in [-0.2, 0) is 10.0 Å². The largest absolute Gasteiger partial charge is 0.573 e. The number of hydrogen-bond acceptors (Lipinski definition) is 3. The maximum Gasteiger partial charge on any atom is 0.573 e. The summed E-state index contributed by atoms with van der Waals surface area (Å²) in [6, 6.07) is 5.83. The van der Waals surface area contributed by atoms with Crippen molar-refractivity contribution in [1.29, 1.82) is 0 Å². The number of sulfonamides is 1. The number of unbranched alkanes of at least 4 members (excludes halogenated alkanes) is 1. The standard InChI is InChI=1S/C16H22F3NO3S/c1-2-3-12-24(21,22)20-10-8-14(9-11-20)13-4-6-15(7-5-13)23-16(17,18)19/h4-7,14H,2-3,8-12H2,1H3. The molecule has 0 aliphatic carbocycles. The zero-order chi connectivity index (χ0) is 17.8. The van der Waals surface area contributed by atoms with Gasteiger partial charge in [0.25, 0.3) is 0 Å². The lowest BCUT2D eigenvalue weighted by atomic mass is 9.90. The maximum absolute atomic E-state index is 12.2. The fourth-order valence-electron chi connectivity index (χ4n) is 2.86. The molecule has 0 amide bonds. The molecule has 1 heterocycles. The Morgan fingerprint density at radius 1 is 1.17 bits per heavy atom. The Morgan fingerprint density at radius 3 is 2.25 bits per heavy atom. The van der Waals surface area contributed by atoms with Crippen LogP contribution >= 0.6 is 0 Å². The summed E-state index contributed by atoms with van der Waals surface area (Å²) in [6.07, 6.45) is -1.86. The molecule has 0 radical (unpaired) electrons. The van der Waals surface area contributed by atoms with Crippen molar-refractivity contribution < 1.29 is 26.3 Å². The van der Waals surface area contributed by atoms with Crippen LogP contribution in [0.5, 0.6) is 5.75 Å². The van der Waals surface area contributed by atoms with Gasteiger partial charge in [0, 0.05) is 13.1 Å². The third kappa shape index (κ3) is 5.37. The van der Waals surface area contributed by atoms with E-state index in [4.69, 9.17) is 0 Å². The zero-order valence-corrected chi connectivity index (χ0v) is 14.4. The fraction of sp³-hybridized carbons (Fsp3) is 0.625. The van der Waals surface area contributed by atoms with E-state index in [1.165, 1.54) is 16.4 Å². The molecule has 1 aliphatic rings. The van der Waals surface area contributed by atoms with Crippen molar-refractivity contribution in [3.8, 4) is 5.75 Å². The van der Waals surface area contributed by atoms with Gasteiger partial charge in [0.05, 0.1) is 5.75 Å². The van der Waals surface area contributed by atoms with Crippen LogP contribution in [0.2, 0.25) is 0 Å². The van der Waals surface area contributed by atoms with Gasteiger partial charge in [-0.3, -0.25) is 0 Å². The van der Waals surface area contributed by atoms with Gasteiger partial charge in [-0.05, 0) is 42.9 Å². The summed E-state index contributed by atoms with van der Waals surface area (Å²) in [5, 5.41) is 0. The van der Waals surface area contributed by atoms with E-state index in [1.54, 1.807) is 12.1 Å². The van der Waals surface area contributed by atoms with Crippen molar-refractivity contribution >= 4 is 10.0 Å². The Labute approximate surface area is 140 Å². The van der Waals surface area contributed by atoms with Gasteiger partial charge in [-0.1, -0.05) is 25.5 Å². The van der Waals surface area contributed by atoms with E-state index in [2.05, 4.69) is 4.74 Å². The highest BCUT2D eigenvalue weighted by Crippen LogP contribution is 2.31. The normalized spacial score (nSPS) is 17.8. The zero-order valence-electron chi connectivity index (χ0n) is 13.6. The number of hydrogen-bond donors (Lipinski definition) is 0. The van der Waals surface area contributed by atoms with E-state index in [0.717, 1.165) is 12.0 Å². The van der Waals surface area contributed by atoms with Crippen LogP contribution in [-0.4, -0.2) is 37.9 Å². The average molecular weight is 365 g/mol.